The Morgan fingerprint density at radius 1 is 1.06 bits per heavy atom. The smallest absolute Gasteiger partial charge is 0.176 e. The Labute approximate surface area is 98.1 Å². The number of hydrogen-bond acceptors (Lipinski definition) is 3. The average molecular weight is 228 g/mol. The van der Waals surface area contributed by atoms with Crippen LogP contribution in [0.3, 0.4) is 0 Å². The molecule has 0 atom stereocenters. The summed E-state index contributed by atoms with van der Waals surface area (Å²) in [5, 5.41) is 9.52. The van der Waals surface area contributed by atoms with Crippen molar-refractivity contribution >= 4 is 0 Å². The van der Waals surface area contributed by atoms with Crippen molar-refractivity contribution in [3.05, 3.63) is 0 Å². The lowest BCUT2D eigenvalue weighted by molar-refractivity contribution is -0.219. The van der Waals surface area contributed by atoms with Gasteiger partial charge in [0.05, 0.1) is 19.8 Å². The van der Waals surface area contributed by atoms with E-state index in [0.717, 1.165) is 25.7 Å². The van der Waals surface area contributed by atoms with E-state index in [1.807, 2.05) is 0 Å². The van der Waals surface area contributed by atoms with E-state index in [0.29, 0.717) is 13.2 Å². The molecule has 3 heteroatoms. The van der Waals surface area contributed by atoms with E-state index < -0.39 is 5.79 Å². The third-order valence-electron chi connectivity index (χ3n) is 4.08. The van der Waals surface area contributed by atoms with Crippen molar-refractivity contribution in [2.24, 2.45) is 5.41 Å². The van der Waals surface area contributed by atoms with Gasteiger partial charge in [0, 0.05) is 11.8 Å². The first kappa shape index (κ1) is 12.3. The molecular formula is C13H24O3. The van der Waals surface area contributed by atoms with Crippen molar-refractivity contribution in [1.29, 1.82) is 0 Å². The van der Waals surface area contributed by atoms with E-state index in [1.54, 1.807) is 0 Å². The summed E-state index contributed by atoms with van der Waals surface area (Å²) in [6.07, 6.45) is 7.98. The van der Waals surface area contributed by atoms with Gasteiger partial charge in [-0.05, 0) is 19.3 Å². The van der Waals surface area contributed by atoms with Gasteiger partial charge in [-0.25, -0.2) is 0 Å². The van der Waals surface area contributed by atoms with Gasteiger partial charge in [-0.3, -0.25) is 0 Å². The SMILES string of the molecule is CCCCCCC1(C2(CO)CC2)OCCO1. The Morgan fingerprint density at radius 3 is 2.25 bits per heavy atom. The van der Waals surface area contributed by atoms with Crippen molar-refractivity contribution < 1.29 is 14.6 Å². The molecular weight excluding hydrogens is 204 g/mol. The highest BCUT2D eigenvalue weighted by Crippen LogP contribution is 2.58. The van der Waals surface area contributed by atoms with E-state index in [9.17, 15) is 5.11 Å². The molecule has 0 unspecified atom stereocenters. The number of hydrogen-bond donors (Lipinski definition) is 1. The van der Waals surface area contributed by atoms with Crippen LogP contribution in [0.5, 0.6) is 0 Å². The zero-order chi connectivity index (χ0) is 11.5. The monoisotopic (exact) mass is 228 g/mol. The molecule has 0 aromatic heterocycles. The highest BCUT2D eigenvalue weighted by atomic mass is 16.7. The summed E-state index contributed by atoms with van der Waals surface area (Å²) in [7, 11) is 0. The predicted octanol–water partition coefficient (Wildman–Crippen LogP) is 2.47. The second-order valence-corrected chi connectivity index (χ2v) is 5.20. The van der Waals surface area contributed by atoms with Gasteiger partial charge in [0.2, 0.25) is 0 Å². The van der Waals surface area contributed by atoms with Gasteiger partial charge >= 0.3 is 0 Å². The maximum absolute atomic E-state index is 9.52. The Balaban J connectivity index is 1.89. The van der Waals surface area contributed by atoms with Crippen LogP contribution in [-0.4, -0.2) is 30.7 Å². The molecule has 1 heterocycles. The second-order valence-electron chi connectivity index (χ2n) is 5.20. The molecule has 2 aliphatic rings. The molecule has 16 heavy (non-hydrogen) atoms. The third kappa shape index (κ3) is 2.13. The van der Waals surface area contributed by atoms with Crippen molar-refractivity contribution in [3.63, 3.8) is 0 Å². The summed E-state index contributed by atoms with van der Waals surface area (Å²) >= 11 is 0. The molecule has 1 saturated carbocycles. The molecule has 0 spiro atoms. The fourth-order valence-electron chi connectivity index (χ4n) is 2.77. The zero-order valence-electron chi connectivity index (χ0n) is 10.3. The standard InChI is InChI=1S/C13H24O3/c1-2-3-4-5-6-13(15-9-10-16-13)12(11-14)7-8-12/h14H,2-11H2,1H3. The molecule has 0 bridgehead atoms. The molecule has 94 valence electrons. The number of aliphatic hydroxyl groups is 1. The molecule has 3 nitrogen and oxygen atoms in total. The number of unbranched alkanes of at least 4 members (excludes halogenated alkanes) is 3. The molecule has 0 radical (unpaired) electrons. The number of rotatable bonds is 7. The van der Waals surface area contributed by atoms with Crippen LogP contribution in [0.4, 0.5) is 0 Å². The summed E-state index contributed by atoms with van der Waals surface area (Å²) in [4.78, 5) is 0. The molecule has 0 aromatic rings. The fraction of sp³-hybridized carbons (Fsp3) is 1.00. The number of ether oxygens (including phenoxy) is 2. The first-order chi connectivity index (χ1) is 7.79. The van der Waals surface area contributed by atoms with Gasteiger partial charge in [0.25, 0.3) is 0 Å². The topological polar surface area (TPSA) is 38.7 Å². The Bertz CT molecular complexity index is 217. The summed E-state index contributed by atoms with van der Waals surface area (Å²) in [5.74, 6) is -0.449. The number of aliphatic hydroxyl groups excluding tert-OH is 1. The minimum absolute atomic E-state index is 0.0737. The Morgan fingerprint density at radius 2 is 1.75 bits per heavy atom. The summed E-state index contributed by atoms with van der Waals surface area (Å²) < 4.78 is 11.7. The van der Waals surface area contributed by atoms with Crippen LogP contribution < -0.4 is 0 Å². The van der Waals surface area contributed by atoms with Crippen LogP contribution in [0.15, 0.2) is 0 Å². The van der Waals surface area contributed by atoms with Crippen molar-refractivity contribution in [1.82, 2.24) is 0 Å². The molecule has 1 saturated heterocycles. The third-order valence-corrected chi connectivity index (χ3v) is 4.08. The zero-order valence-corrected chi connectivity index (χ0v) is 10.3. The lowest BCUT2D eigenvalue weighted by Gasteiger charge is -2.35. The van der Waals surface area contributed by atoms with Crippen molar-refractivity contribution in [3.8, 4) is 0 Å². The minimum atomic E-state index is -0.449. The van der Waals surface area contributed by atoms with Gasteiger partial charge in [-0.1, -0.05) is 26.2 Å². The minimum Gasteiger partial charge on any atom is -0.396 e. The Kier molecular flexibility index (Phi) is 3.88. The highest BCUT2D eigenvalue weighted by molar-refractivity contribution is 5.05. The Hall–Kier alpha value is -0.120. The lowest BCUT2D eigenvalue weighted by Crippen LogP contribution is -2.43. The molecule has 0 amide bonds. The van der Waals surface area contributed by atoms with E-state index in [4.69, 9.17) is 9.47 Å². The molecule has 1 N–H and O–H groups in total. The normalized spacial score (nSPS) is 25.9. The largest absolute Gasteiger partial charge is 0.396 e. The molecule has 2 rings (SSSR count). The van der Waals surface area contributed by atoms with Gasteiger partial charge in [0.15, 0.2) is 5.79 Å². The molecule has 0 aromatic carbocycles. The quantitative estimate of drug-likeness (QED) is 0.680. The van der Waals surface area contributed by atoms with Gasteiger partial charge in [0.1, 0.15) is 0 Å². The molecule has 2 fully saturated rings. The predicted molar refractivity (Wildman–Crippen MR) is 62.1 cm³/mol. The van der Waals surface area contributed by atoms with Crippen LogP contribution >= 0.6 is 0 Å². The average Bonchev–Trinajstić information content (AvgIpc) is 2.98. The van der Waals surface area contributed by atoms with Crippen LogP contribution in [-0.2, 0) is 9.47 Å². The summed E-state index contributed by atoms with van der Waals surface area (Å²) in [6.45, 7) is 3.81. The van der Waals surface area contributed by atoms with E-state index in [1.165, 1.54) is 19.3 Å². The van der Waals surface area contributed by atoms with Crippen LogP contribution in [0, 0.1) is 5.41 Å². The molecule has 1 aliphatic carbocycles. The first-order valence-corrected chi connectivity index (χ1v) is 6.67. The summed E-state index contributed by atoms with van der Waals surface area (Å²) in [5.41, 5.74) is -0.0737. The van der Waals surface area contributed by atoms with E-state index in [2.05, 4.69) is 6.92 Å². The van der Waals surface area contributed by atoms with Gasteiger partial charge < -0.3 is 14.6 Å². The fourth-order valence-corrected chi connectivity index (χ4v) is 2.77. The maximum atomic E-state index is 9.52. The van der Waals surface area contributed by atoms with E-state index in [-0.39, 0.29) is 12.0 Å². The van der Waals surface area contributed by atoms with Gasteiger partial charge in [-0.2, -0.15) is 0 Å². The summed E-state index contributed by atoms with van der Waals surface area (Å²) in [6, 6.07) is 0. The highest BCUT2D eigenvalue weighted by Gasteiger charge is 2.62. The maximum Gasteiger partial charge on any atom is 0.176 e. The van der Waals surface area contributed by atoms with Gasteiger partial charge in [-0.15, -0.1) is 0 Å². The van der Waals surface area contributed by atoms with Crippen LogP contribution in [0.25, 0.3) is 0 Å². The second kappa shape index (κ2) is 5.03. The first-order valence-electron chi connectivity index (χ1n) is 6.67. The van der Waals surface area contributed by atoms with Crippen molar-refractivity contribution in [2.45, 2.75) is 57.7 Å². The lowest BCUT2D eigenvalue weighted by atomic mass is 9.90. The van der Waals surface area contributed by atoms with E-state index >= 15 is 0 Å². The van der Waals surface area contributed by atoms with Crippen LogP contribution in [0.1, 0.15) is 51.9 Å². The molecule has 1 aliphatic heterocycles. The van der Waals surface area contributed by atoms with Crippen LogP contribution in [0.2, 0.25) is 0 Å². The van der Waals surface area contributed by atoms with Crippen molar-refractivity contribution in [2.75, 3.05) is 19.8 Å².